The highest BCUT2D eigenvalue weighted by molar-refractivity contribution is 5.84. The quantitative estimate of drug-likeness (QED) is 0.718. The molecule has 2 rings (SSSR count). The Morgan fingerprint density at radius 3 is 2.56 bits per heavy atom. The predicted octanol–water partition coefficient (Wildman–Crippen LogP) is 1.41. The number of methoxy groups -OCH3 is 1. The maximum atomic E-state index is 13.6. The van der Waals surface area contributed by atoms with Crippen molar-refractivity contribution in [3.63, 3.8) is 0 Å². The van der Waals surface area contributed by atoms with Gasteiger partial charge in [-0.25, -0.2) is 8.78 Å². The molecule has 3 nitrogen and oxygen atoms in total. The molecule has 1 aliphatic rings. The zero-order chi connectivity index (χ0) is 11.8. The first-order valence-corrected chi connectivity index (χ1v) is 4.72. The van der Waals surface area contributed by atoms with Crippen LogP contribution < -0.4 is 0 Å². The lowest BCUT2D eigenvalue weighted by Crippen LogP contribution is -2.54. The molecule has 0 unspecified atom stereocenters. The molecule has 0 bridgehead atoms. The van der Waals surface area contributed by atoms with Gasteiger partial charge in [-0.1, -0.05) is 6.07 Å². The Hall–Kier alpha value is -1.49. The minimum absolute atomic E-state index is 0.0578. The summed E-state index contributed by atoms with van der Waals surface area (Å²) in [6.45, 7) is 0.116. The molecule has 0 aliphatic carbocycles. The van der Waals surface area contributed by atoms with E-state index in [1.54, 1.807) is 0 Å². The van der Waals surface area contributed by atoms with E-state index in [2.05, 4.69) is 4.74 Å². The number of carbonyl (C=O) groups is 1. The number of halogens is 2. The van der Waals surface area contributed by atoms with Gasteiger partial charge in [-0.3, -0.25) is 4.79 Å². The van der Waals surface area contributed by atoms with Crippen molar-refractivity contribution in [3.05, 3.63) is 35.4 Å². The number of ether oxygens (including phenoxy) is 2. The van der Waals surface area contributed by atoms with Gasteiger partial charge in [-0.05, 0) is 6.07 Å². The average molecular weight is 228 g/mol. The smallest absolute Gasteiger partial charge is 0.321 e. The molecular formula is C11H10F2O3. The highest BCUT2D eigenvalue weighted by Gasteiger charge is 2.50. The third-order valence-corrected chi connectivity index (χ3v) is 2.72. The highest BCUT2D eigenvalue weighted by atomic mass is 19.1. The van der Waals surface area contributed by atoms with Crippen molar-refractivity contribution in [2.24, 2.45) is 0 Å². The fraction of sp³-hybridized carbons (Fsp3) is 0.364. The first kappa shape index (κ1) is 11.0. The lowest BCUT2D eigenvalue weighted by Gasteiger charge is -2.38. The molecule has 1 aliphatic heterocycles. The summed E-state index contributed by atoms with van der Waals surface area (Å²) in [6.07, 6.45) is 0. The molecule has 1 aromatic rings. The van der Waals surface area contributed by atoms with Crippen LogP contribution in [-0.4, -0.2) is 26.3 Å². The number of hydrogen-bond donors (Lipinski definition) is 0. The summed E-state index contributed by atoms with van der Waals surface area (Å²) >= 11 is 0. The third kappa shape index (κ3) is 1.48. The van der Waals surface area contributed by atoms with E-state index >= 15 is 0 Å². The molecule has 1 saturated heterocycles. The molecule has 5 heteroatoms. The average Bonchev–Trinajstić information content (AvgIpc) is 2.19. The van der Waals surface area contributed by atoms with Crippen LogP contribution in [0.4, 0.5) is 8.78 Å². The lowest BCUT2D eigenvalue weighted by atomic mass is 9.78. The molecule has 0 radical (unpaired) electrons. The normalized spacial score (nSPS) is 17.7. The van der Waals surface area contributed by atoms with Gasteiger partial charge >= 0.3 is 5.97 Å². The molecule has 1 heterocycles. The van der Waals surface area contributed by atoms with Crippen molar-refractivity contribution in [1.82, 2.24) is 0 Å². The van der Waals surface area contributed by atoms with Gasteiger partial charge in [0.1, 0.15) is 17.0 Å². The summed E-state index contributed by atoms with van der Waals surface area (Å²) in [5, 5.41) is 0. The SMILES string of the molecule is COC(=O)C1(c2ccc(F)cc2F)COC1. The molecule has 0 N–H and O–H groups in total. The van der Waals surface area contributed by atoms with Gasteiger partial charge in [0.25, 0.3) is 0 Å². The summed E-state index contributed by atoms with van der Waals surface area (Å²) in [5.41, 5.74) is -1.00. The Labute approximate surface area is 91.0 Å². The molecule has 0 saturated carbocycles. The van der Waals surface area contributed by atoms with E-state index in [4.69, 9.17) is 4.74 Å². The van der Waals surface area contributed by atoms with E-state index in [-0.39, 0.29) is 18.8 Å². The summed E-state index contributed by atoms with van der Waals surface area (Å²) < 4.78 is 35.9. The van der Waals surface area contributed by atoms with Crippen LogP contribution >= 0.6 is 0 Å². The molecule has 16 heavy (non-hydrogen) atoms. The van der Waals surface area contributed by atoms with E-state index in [0.29, 0.717) is 0 Å². The molecule has 0 aromatic heterocycles. The Morgan fingerprint density at radius 1 is 1.44 bits per heavy atom. The van der Waals surface area contributed by atoms with Crippen LogP contribution in [0.2, 0.25) is 0 Å². The van der Waals surface area contributed by atoms with Crippen molar-refractivity contribution < 1.29 is 23.0 Å². The maximum absolute atomic E-state index is 13.6. The van der Waals surface area contributed by atoms with E-state index in [0.717, 1.165) is 12.1 Å². The zero-order valence-electron chi connectivity index (χ0n) is 8.63. The Bertz CT molecular complexity index is 427. The van der Waals surface area contributed by atoms with Crippen molar-refractivity contribution >= 4 is 5.97 Å². The van der Waals surface area contributed by atoms with Crippen LogP contribution in [0.5, 0.6) is 0 Å². The van der Waals surface area contributed by atoms with E-state index in [1.165, 1.54) is 13.2 Å². The van der Waals surface area contributed by atoms with Gasteiger partial charge in [-0.2, -0.15) is 0 Å². The molecule has 1 aromatic carbocycles. The fourth-order valence-electron chi connectivity index (χ4n) is 1.76. The second-order valence-electron chi connectivity index (χ2n) is 3.69. The summed E-state index contributed by atoms with van der Waals surface area (Å²) in [4.78, 5) is 11.6. The number of rotatable bonds is 2. The fourth-order valence-corrected chi connectivity index (χ4v) is 1.76. The second-order valence-corrected chi connectivity index (χ2v) is 3.69. The topological polar surface area (TPSA) is 35.5 Å². The maximum Gasteiger partial charge on any atom is 0.321 e. The first-order chi connectivity index (χ1) is 7.60. The van der Waals surface area contributed by atoms with Gasteiger partial charge in [0, 0.05) is 11.6 Å². The Balaban J connectivity index is 2.45. The van der Waals surface area contributed by atoms with Crippen LogP contribution in [0.15, 0.2) is 18.2 Å². The van der Waals surface area contributed by atoms with Crippen LogP contribution in [0, 0.1) is 11.6 Å². The number of esters is 1. The van der Waals surface area contributed by atoms with E-state index < -0.39 is 23.0 Å². The van der Waals surface area contributed by atoms with Gasteiger partial charge in [-0.15, -0.1) is 0 Å². The first-order valence-electron chi connectivity index (χ1n) is 4.72. The molecule has 1 fully saturated rings. The van der Waals surface area contributed by atoms with Crippen molar-refractivity contribution in [2.75, 3.05) is 20.3 Å². The van der Waals surface area contributed by atoms with Crippen LogP contribution in [-0.2, 0) is 19.7 Å². The minimum atomic E-state index is -1.12. The zero-order valence-corrected chi connectivity index (χ0v) is 8.63. The van der Waals surface area contributed by atoms with E-state index in [9.17, 15) is 13.6 Å². The summed E-state index contributed by atoms with van der Waals surface area (Å²) in [6, 6.07) is 3.11. The van der Waals surface area contributed by atoms with Crippen LogP contribution in [0.3, 0.4) is 0 Å². The second kappa shape index (κ2) is 3.83. The molecule has 0 spiro atoms. The summed E-state index contributed by atoms with van der Waals surface area (Å²) in [7, 11) is 1.23. The van der Waals surface area contributed by atoms with Crippen molar-refractivity contribution in [1.29, 1.82) is 0 Å². The molecular weight excluding hydrogens is 218 g/mol. The van der Waals surface area contributed by atoms with Gasteiger partial charge < -0.3 is 9.47 Å². The predicted molar refractivity (Wildman–Crippen MR) is 50.9 cm³/mol. The van der Waals surface area contributed by atoms with Gasteiger partial charge in [0.15, 0.2) is 0 Å². The number of hydrogen-bond acceptors (Lipinski definition) is 3. The van der Waals surface area contributed by atoms with Gasteiger partial charge in [0.05, 0.1) is 20.3 Å². The monoisotopic (exact) mass is 228 g/mol. The molecule has 86 valence electrons. The number of carbonyl (C=O) groups excluding carboxylic acids is 1. The minimum Gasteiger partial charge on any atom is -0.468 e. The Morgan fingerprint density at radius 2 is 2.12 bits per heavy atom. The van der Waals surface area contributed by atoms with Crippen LogP contribution in [0.1, 0.15) is 5.56 Å². The standard InChI is InChI=1S/C11H10F2O3/c1-15-10(14)11(5-16-6-11)8-3-2-7(12)4-9(8)13/h2-4H,5-6H2,1H3. The number of benzene rings is 1. The van der Waals surface area contributed by atoms with E-state index in [1.807, 2.05) is 0 Å². The van der Waals surface area contributed by atoms with Crippen molar-refractivity contribution in [3.8, 4) is 0 Å². The highest BCUT2D eigenvalue weighted by Crippen LogP contribution is 2.35. The van der Waals surface area contributed by atoms with Crippen LogP contribution in [0.25, 0.3) is 0 Å². The summed E-state index contributed by atoms with van der Waals surface area (Å²) in [5.74, 6) is -2.00. The van der Waals surface area contributed by atoms with Gasteiger partial charge in [0.2, 0.25) is 0 Å². The molecule has 0 atom stereocenters. The van der Waals surface area contributed by atoms with Crippen molar-refractivity contribution in [2.45, 2.75) is 5.41 Å². The Kier molecular flexibility index (Phi) is 2.63. The third-order valence-electron chi connectivity index (χ3n) is 2.72. The molecule has 0 amide bonds. The largest absolute Gasteiger partial charge is 0.468 e. The lowest BCUT2D eigenvalue weighted by molar-refractivity contribution is -0.167.